The molecule has 0 spiro atoms. The molecular formula is C10H10N2O2. The first-order valence-electron chi connectivity index (χ1n) is 4.13. The molecule has 1 aromatic heterocycles. The van der Waals surface area contributed by atoms with Gasteiger partial charge in [-0.25, -0.2) is 4.98 Å². The van der Waals surface area contributed by atoms with E-state index in [0.29, 0.717) is 11.6 Å². The minimum absolute atomic E-state index is 0.178. The largest absolute Gasteiger partial charge is 0.508 e. The summed E-state index contributed by atoms with van der Waals surface area (Å²) in [5.41, 5.74) is 6.24. The average Bonchev–Trinajstić information content (AvgIpc) is 2.19. The molecule has 0 saturated heterocycles. The van der Waals surface area contributed by atoms with Gasteiger partial charge in [-0.1, -0.05) is 0 Å². The van der Waals surface area contributed by atoms with Crippen LogP contribution in [0.15, 0.2) is 24.4 Å². The number of methoxy groups -OCH3 is 1. The van der Waals surface area contributed by atoms with Crippen LogP contribution in [-0.2, 0) is 0 Å². The molecule has 0 saturated carbocycles. The van der Waals surface area contributed by atoms with Crippen LogP contribution in [0, 0.1) is 0 Å². The van der Waals surface area contributed by atoms with E-state index in [2.05, 4.69) is 4.98 Å². The molecule has 1 aromatic carbocycles. The van der Waals surface area contributed by atoms with Gasteiger partial charge in [0.1, 0.15) is 5.75 Å². The third-order valence-corrected chi connectivity index (χ3v) is 2.06. The van der Waals surface area contributed by atoms with Crippen molar-refractivity contribution < 1.29 is 9.84 Å². The minimum atomic E-state index is 0.178. The molecule has 0 aliphatic rings. The predicted octanol–water partition coefficient (Wildman–Crippen LogP) is 1.53. The van der Waals surface area contributed by atoms with Gasteiger partial charge in [-0.3, -0.25) is 0 Å². The van der Waals surface area contributed by atoms with E-state index in [1.807, 2.05) is 0 Å². The van der Waals surface area contributed by atoms with E-state index in [0.717, 1.165) is 10.8 Å². The van der Waals surface area contributed by atoms with E-state index < -0.39 is 0 Å². The number of phenols is 1. The molecule has 0 fully saturated rings. The summed E-state index contributed by atoms with van der Waals surface area (Å²) in [5, 5.41) is 10.8. The lowest BCUT2D eigenvalue weighted by molar-refractivity contribution is 0.403. The zero-order valence-corrected chi connectivity index (χ0v) is 7.69. The van der Waals surface area contributed by atoms with Crippen molar-refractivity contribution in [1.29, 1.82) is 0 Å². The Bertz CT molecular complexity index is 483. The maximum absolute atomic E-state index is 9.30. The number of ether oxygens (including phenoxy) is 1. The second kappa shape index (κ2) is 3.06. The minimum Gasteiger partial charge on any atom is -0.508 e. The highest BCUT2D eigenvalue weighted by molar-refractivity contribution is 5.96. The van der Waals surface area contributed by atoms with Crippen LogP contribution >= 0.6 is 0 Å². The Kier molecular flexibility index (Phi) is 1.89. The Hall–Kier alpha value is -1.97. The number of pyridine rings is 1. The normalized spacial score (nSPS) is 10.4. The highest BCUT2D eigenvalue weighted by atomic mass is 16.5. The number of aromatic hydroxyl groups is 1. The SMILES string of the molecule is COc1ncc(N)c2cc(O)ccc12. The zero-order chi connectivity index (χ0) is 10.1. The molecule has 0 radical (unpaired) electrons. The number of nitrogens with two attached hydrogens (primary N) is 1. The fourth-order valence-corrected chi connectivity index (χ4v) is 1.39. The molecule has 2 aromatic rings. The highest BCUT2D eigenvalue weighted by Gasteiger charge is 2.05. The van der Waals surface area contributed by atoms with Gasteiger partial charge in [0.25, 0.3) is 0 Å². The maximum atomic E-state index is 9.30. The molecule has 4 heteroatoms. The Morgan fingerprint density at radius 1 is 1.36 bits per heavy atom. The van der Waals surface area contributed by atoms with Crippen molar-refractivity contribution in [2.75, 3.05) is 12.8 Å². The molecule has 14 heavy (non-hydrogen) atoms. The first-order valence-corrected chi connectivity index (χ1v) is 4.13. The molecule has 0 unspecified atom stereocenters. The van der Waals surface area contributed by atoms with Crippen LogP contribution < -0.4 is 10.5 Å². The Morgan fingerprint density at radius 2 is 2.14 bits per heavy atom. The summed E-state index contributed by atoms with van der Waals surface area (Å²) in [6.45, 7) is 0. The molecule has 0 aliphatic heterocycles. The van der Waals surface area contributed by atoms with Crippen LogP contribution in [0.1, 0.15) is 0 Å². The second-order valence-electron chi connectivity index (χ2n) is 2.95. The number of fused-ring (bicyclic) bond motifs is 1. The third-order valence-electron chi connectivity index (χ3n) is 2.06. The number of phenolic OH excluding ortho intramolecular Hbond substituents is 1. The van der Waals surface area contributed by atoms with E-state index in [1.165, 1.54) is 6.20 Å². The smallest absolute Gasteiger partial charge is 0.221 e. The van der Waals surface area contributed by atoms with Gasteiger partial charge in [0.15, 0.2) is 0 Å². The molecule has 2 rings (SSSR count). The van der Waals surface area contributed by atoms with Gasteiger partial charge in [0, 0.05) is 10.8 Å². The summed E-state index contributed by atoms with van der Waals surface area (Å²) in [6, 6.07) is 4.90. The summed E-state index contributed by atoms with van der Waals surface area (Å²) in [6.07, 6.45) is 1.51. The summed E-state index contributed by atoms with van der Waals surface area (Å²) in [7, 11) is 1.55. The van der Waals surface area contributed by atoms with Crippen molar-refractivity contribution >= 4 is 16.5 Å². The van der Waals surface area contributed by atoms with E-state index in [9.17, 15) is 5.11 Å². The van der Waals surface area contributed by atoms with Crippen LogP contribution in [0.3, 0.4) is 0 Å². The fourth-order valence-electron chi connectivity index (χ4n) is 1.39. The van der Waals surface area contributed by atoms with Gasteiger partial charge >= 0.3 is 0 Å². The molecule has 3 N–H and O–H groups in total. The summed E-state index contributed by atoms with van der Waals surface area (Å²) >= 11 is 0. The molecule has 0 amide bonds. The van der Waals surface area contributed by atoms with Crippen molar-refractivity contribution in [1.82, 2.24) is 4.98 Å². The Labute approximate surface area is 80.9 Å². The summed E-state index contributed by atoms with van der Waals surface area (Å²) in [4.78, 5) is 4.03. The van der Waals surface area contributed by atoms with Crippen molar-refractivity contribution in [3.63, 3.8) is 0 Å². The number of rotatable bonds is 1. The van der Waals surface area contributed by atoms with E-state index in [4.69, 9.17) is 10.5 Å². The van der Waals surface area contributed by atoms with Gasteiger partial charge in [-0.15, -0.1) is 0 Å². The van der Waals surface area contributed by atoms with Crippen LogP contribution in [0.2, 0.25) is 0 Å². The van der Waals surface area contributed by atoms with Crippen molar-refractivity contribution in [2.24, 2.45) is 0 Å². The van der Waals surface area contributed by atoms with Gasteiger partial charge < -0.3 is 15.6 Å². The van der Waals surface area contributed by atoms with Crippen molar-refractivity contribution in [3.8, 4) is 11.6 Å². The standard InChI is InChI=1S/C10H10N2O2/c1-14-10-7-3-2-6(13)4-8(7)9(11)5-12-10/h2-5,13H,11H2,1H3. The number of aromatic nitrogens is 1. The van der Waals surface area contributed by atoms with Gasteiger partial charge in [-0.2, -0.15) is 0 Å². The number of nitrogen functional groups attached to an aromatic ring is 1. The molecule has 1 heterocycles. The van der Waals surface area contributed by atoms with E-state index in [-0.39, 0.29) is 5.75 Å². The van der Waals surface area contributed by atoms with Crippen molar-refractivity contribution in [2.45, 2.75) is 0 Å². The van der Waals surface area contributed by atoms with E-state index >= 15 is 0 Å². The Morgan fingerprint density at radius 3 is 2.86 bits per heavy atom. The van der Waals surface area contributed by atoms with Gasteiger partial charge in [-0.05, 0) is 18.2 Å². The van der Waals surface area contributed by atoms with E-state index in [1.54, 1.807) is 25.3 Å². The molecule has 0 bridgehead atoms. The maximum Gasteiger partial charge on any atom is 0.221 e. The quantitative estimate of drug-likeness (QED) is 0.715. The average molecular weight is 190 g/mol. The second-order valence-corrected chi connectivity index (χ2v) is 2.95. The monoisotopic (exact) mass is 190 g/mol. The van der Waals surface area contributed by atoms with Crippen LogP contribution in [0.25, 0.3) is 10.8 Å². The highest BCUT2D eigenvalue weighted by Crippen LogP contribution is 2.30. The molecule has 0 aliphatic carbocycles. The molecule has 4 nitrogen and oxygen atoms in total. The molecule has 0 atom stereocenters. The lowest BCUT2D eigenvalue weighted by Gasteiger charge is -2.06. The third kappa shape index (κ3) is 1.21. The van der Waals surface area contributed by atoms with Gasteiger partial charge in [0.05, 0.1) is 19.0 Å². The fraction of sp³-hybridized carbons (Fsp3) is 0.100. The van der Waals surface area contributed by atoms with Crippen LogP contribution in [0.4, 0.5) is 5.69 Å². The number of benzene rings is 1. The first kappa shape index (κ1) is 8.62. The van der Waals surface area contributed by atoms with Gasteiger partial charge in [0.2, 0.25) is 5.88 Å². The number of hydrogen-bond donors (Lipinski definition) is 2. The summed E-state index contributed by atoms with van der Waals surface area (Å²) in [5.74, 6) is 0.687. The topological polar surface area (TPSA) is 68.4 Å². The predicted molar refractivity (Wildman–Crippen MR) is 54.4 cm³/mol. The zero-order valence-electron chi connectivity index (χ0n) is 7.69. The molecular weight excluding hydrogens is 180 g/mol. The number of nitrogens with zero attached hydrogens (tertiary/aromatic N) is 1. The number of anilines is 1. The van der Waals surface area contributed by atoms with Crippen molar-refractivity contribution in [3.05, 3.63) is 24.4 Å². The first-order chi connectivity index (χ1) is 6.72. The lowest BCUT2D eigenvalue weighted by Crippen LogP contribution is -1.93. The lowest BCUT2D eigenvalue weighted by atomic mass is 10.1. The molecule has 72 valence electrons. The summed E-state index contributed by atoms with van der Waals surface area (Å²) < 4.78 is 5.07. The Balaban J connectivity index is 2.84. The number of hydrogen-bond acceptors (Lipinski definition) is 4. The van der Waals surface area contributed by atoms with Crippen LogP contribution in [-0.4, -0.2) is 17.2 Å². The van der Waals surface area contributed by atoms with Crippen LogP contribution in [0.5, 0.6) is 11.6 Å².